The minimum atomic E-state index is 0.455. The van der Waals surface area contributed by atoms with E-state index in [4.69, 9.17) is 5.73 Å². The highest BCUT2D eigenvalue weighted by Gasteiger charge is 2.28. The second-order valence-corrected chi connectivity index (χ2v) is 4.54. The van der Waals surface area contributed by atoms with Crippen molar-refractivity contribution >= 4 is 6.41 Å². The van der Waals surface area contributed by atoms with E-state index in [0.717, 1.165) is 38.5 Å². The van der Waals surface area contributed by atoms with Crippen LogP contribution in [0.4, 0.5) is 0 Å². The van der Waals surface area contributed by atoms with E-state index in [-0.39, 0.29) is 0 Å². The lowest BCUT2D eigenvalue weighted by molar-refractivity contribution is -0.119. The molecule has 0 aromatic carbocycles. The van der Waals surface area contributed by atoms with E-state index < -0.39 is 0 Å². The van der Waals surface area contributed by atoms with Crippen LogP contribution in [0.5, 0.6) is 0 Å². The number of carbonyl (C=O) groups is 1. The first-order chi connectivity index (χ1) is 6.78. The molecule has 80 valence electrons. The Bertz CT molecular complexity index is 196. The Morgan fingerprint density at radius 1 is 1.21 bits per heavy atom. The highest BCUT2D eigenvalue weighted by Crippen LogP contribution is 2.26. The zero-order valence-electron chi connectivity index (χ0n) is 8.56. The Morgan fingerprint density at radius 3 is 2.36 bits per heavy atom. The van der Waals surface area contributed by atoms with E-state index in [1.165, 1.54) is 19.4 Å². The molecule has 0 unspecified atom stereocenters. The molecule has 0 aromatic heterocycles. The summed E-state index contributed by atoms with van der Waals surface area (Å²) in [4.78, 5) is 14.8. The first kappa shape index (κ1) is 9.93. The molecule has 1 heterocycles. The molecule has 0 aromatic rings. The molecular weight excluding hydrogens is 178 g/mol. The summed E-state index contributed by atoms with van der Waals surface area (Å²) in [6, 6.07) is 0.455. The van der Waals surface area contributed by atoms with E-state index in [1.54, 1.807) is 0 Å². The number of nitrogens with zero attached hydrogens (tertiary/aromatic N) is 2. The number of piperazine rings is 1. The van der Waals surface area contributed by atoms with Gasteiger partial charge >= 0.3 is 0 Å². The summed E-state index contributed by atoms with van der Waals surface area (Å²) in [6.07, 6.45) is 3.33. The third-order valence-electron chi connectivity index (χ3n) is 3.34. The topological polar surface area (TPSA) is 49.6 Å². The predicted molar refractivity (Wildman–Crippen MR) is 54.8 cm³/mol. The molecule has 0 spiro atoms. The van der Waals surface area contributed by atoms with Gasteiger partial charge in [-0.05, 0) is 18.8 Å². The zero-order valence-corrected chi connectivity index (χ0v) is 8.56. The summed E-state index contributed by atoms with van der Waals surface area (Å²) in [5, 5.41) is 0. The fraction of sp³-hybridized carbons (Fsp3) is 0.900. The maximum Gasteiger partial charge on any atom is 0.209 e. The van der Waals surface area contributed by atoms with Crippen molar-refractivity contribution in [1.82, 2.24) is 9.80 Å². The van der Waals surface area contributed by atoms with Crippen LogP contribution in [0.15, 0.2) is 0 Å². The SMILES string of the molecule is NC1CC(CN2CCN(C=O)CC2)C1. The molecule has 2 aliphatic rings. The van der Waals surface area contributed by atoms with Crippen LogP contribution in [0, 0.1) is 5.92 Å². The van der Waals surface area contributed by atoms with Gasteiger partial charge in [-0.1, -0.05) is 0 Å². The Morgan fingerprint density at radius 2 is 1.86 bits per heavy atom. The molecule has 0 radical (unpaired) electrons. The third-order valence-corrected chi connectivity index (χ3v) is 3.34. The van der Waals surface area contributed by atoms with Gasteiger partial charge in [-0.3, -0.25) is 9.69 Å². The van der Waals surface area contributed by atoms with Crippen molar-refractivity contribution in [2.45, 2.75) is 18.9 Å². The second-order valence-electron chi connectivity index (χ2n) is 4.54. The van der Waals surface area contributed by atoms with Crippen molar-refractivity contribution in [3.05, 3.63) is 0 Å². The molecule has 1 saturated heterocycles. The maximum absolute atomic E-state index is 10.5. The minimum Gasteiger partial charge on any atom is -0.343 e. The normalized spacial score (nSPS) is 33.9. The smallest absolute Gasteiger partial charge is 0.209 e. The van der Waals surface area contributed by atoms with Gasteiger partial charge in [0.2, 0.25) is 6.41 Å². The van der Waals surface area contributed by atoms with Gasteiger partial charge in [0.15, 0.2) is 0 Å². The van der Waals surface area contributed by atoms with Gasteiger partial charge in [-0.2, -0.15) is 0 Å². The van der Waals surface area contributed by atoms with Gasteiger partial charge in [-0.25, -0.2) is 0 Å². The van der Waals surface area contributed by atoms with Crippen LogP contribution in [-0.2, 0) is 4.79 Å². The molecule has 2 rings (SSSR count). The molecule has 1 amide bonds. The van der Waals surface area contributed by atoms with Crippen LogP contribution in [0.2, 0.25) is 0 Å². The monoisotopic (exact) mass is 197 g/mol. The summed E-state index contributed by atoms with van der Waals surface area (Å²) in [5.74, 6) is 0.813. The largest absolute Gasteiger partial charge is 0.343 e. The average molecular weight is 197 g/mol. The summed E-state index contributed by atoms with van der Waals surface area (Å²) in [7, 11) is 0. The number of carbonyl (C=O) groups excluding carboxylic acids is 1. The Labute approximate surface area is 85.0 Å². The van der Waals surface area contributed by atoms with Gasteiger partial charge in [0.05, 0.1) is 0 Å². The lowest BCUT2D eigenvalue weighted by atomic mass is 9.80. The molecule has 1 aliphatic carbocycles. The van der Waals surface area contributed by atoms with Crippen molar-refractivity contribution < 1.29 is 4.79 Å². The molecule has 1 saturated carbocycles. The fourth-order valence-electron chi connectivity index (χ4n) is 2.35. The van der Waals surface area contributed by atoms with Crippen LogP contribution in [0.1, 0.15) is 12.8 Å². The number of hydrogen-bond acceptors (Lipinski definition) is 3. The standard InChI is InChI=1S/C10H19N3O/c11-10-5-9(6-10)7-12-1-3-13(8-14)4-2-12/h8-10H,1-7,11H2. The molecule has 4 heteroatoms. The highest BCUT2D eigenvalue weighted by molar-refractivity contribution is 5.47. The van der Waals surface area contributed by atoms with Crippen LogP contribution < -0.4 is 5.73 Å². The van der Waals surface area contributed by atoms with Crippen LogP contribution in [0.3, 0.4) is 0 Å². The number of rotatable bonds is 3. The van der Waals surface area contributed by atoms with Crippen molar-refractivity contribution in [3.63, 3.8) is 0 Å². The number of nitrogens with two attached hydrogens (primary N) is 1. The number of amides is 1. The predicted octanol–water partition coefficient (Wildman–Crippen LogP) is -0.502. The quantitative estimate of drug-likeness (QED) is 0.620. The first-order valence-electron chi connectivity index (χ1n) is 5.45. The molecule has 2 N–H and O–H groups in total. The highest BCUT2D eigenvalue weighted by atomic mass is 16.1. The molecule has 0 bridgehead atoms. The van der Waals surface area contributed by atoms with E-state index in [2.05, 4.69) is 4.90 Å². The maximum atomic E-state index is 10.5. The fourth-order valence-corrected chi connectivity index (χ4v) is 2.35. The minimum absolute atomic E-state index is 0.455. The summed E-state index contributed by atoms with van der Waals surface area (Å²) < 4.78 is 0. The van der Waals surface area contributed by atoms with E-state index in [9.17, 15) is 4.79 Å². The van der Waals surface area contributed by atoms with E-state index >= 15 is 0 Å². The lowest BCUT2D eigenvalue weighted by Gasteiger charge is -2.39. The van der Waals surface area contributed by atoms with Gasteiger partial charge in [0.1, 0.15) is 0 Å². The van der Waals surface area contributed by atoms with E-state index in [0.29, 0.717) is 6.04 Å². The molecule has 2 fully saturated rings. The van der Waals surface area contributed by atoms with Gasteiger partial charge in [-0.15, -0.1) is 0 Å². The Hall–Kier alpha value is -0.610. The molecule has 4 nitrogen and oxygen atoms in total. The van der Waals surface area contributed by atoms with Crippen molar-refractivity contribution in [2.75, 3.05) is 32.7 Å². The summed E-state index contributed by atoms with van der Waals surface area (Å²) >= 11 is 0. The molecular formula is C10H19N3O. The Balaban J connectivity index is 1.66. The first-order valence-corrected chi connectivity index (χ1v) is 5.45. The zero-order chi connectivity index (χ0) is 9.97. The lowest BCUT2D eigenvalue weighted by Crippen LogP contribution is -2.50. The van der Waals surface area contributed by atoms with Crippen molar-refractivity contribution in [3.8, 4) is 0 Å². The van der Waals surface area contributed by atoms with Crippen LogP contribution >= 0.6 is 0 Å². The van der Waals surface area contributed by atoms with Crippen molar-refractivity contribution in [2.24, 2.45) is 11.7 Å². The van der Waals surface area contributed by atoms with Crippen molar-refractivity contribution in [1.29, 1.82) is 0 Å². The summed E-state index contributed by atoms with van der Waals surface area (Å²) in [6.45, 7) is 5.03. The Kier molecular flexibility index (Phi) is 3.03. The van der Waals surface area contributed by atoms with Gasteiger partial charge in [0.25, 0.3) is 0 Å². The third kappa shape index (κ3) is 2.25. The van der Waals surface area contributed by atoms with Gasteiger partial charge in [0, 0.05) is 38.8 Å². The van der Waals surface area contributed by atoms with Gasteiger partial charge < -0.3 is 10.6 Å². The number of hydrogen-bond donors (Lipinski definition) is 1. The molecule has 14 heavy (non-hydrogen) atoms. The van der Waals surface area contributed by atoms with E-state index in [1.807, 2.05) is 4.90 Å². The second kappa shape index (κ2) is 4.28. The van der Waals surface area contributed by atoms with Crippen LogP contribution in [-0.4, -0.2) is 55.0 Å². The average Bonchev–Trinajstić information content (AvgIpc) is 2.17. The van der Waals surface area contributed by atoms with Crippen LogP contribution in [0.25, 0.3) is 0 Å². The molecule has 0 atom stereocenters. The summed E-state index contributed by atoms with van der Waals surface area (Å²) in [5.41, 5.74) is 5.74. The molecule has 1 aliphatic heterocycles.